The Morgan fingerprint density at radius 2 is 2.12 bits per heavy atom. The maximum Gasteiger partial charge on any atom is 0.0726 e. The molecule has 0 spiro atoms. The van der Waals surface area contributed by atoms with Crippen LogP contribution in [0.2, 0.25) is 0 Å². The van der Waals surface area contributed by atoms with Crippen LogP contribution < -0.4 is 5.32 Å². The third kappa shape index (κ3) is 3.94. The van der Waals surface area contributed by atoms with Crippen molar-refractivity contribution >= 4 is 0 Å². The maximum atomic E-state index is 5.78. The minimum Gasteiger partial charge on any atom is -0.378 e. The first-order valence-corrected chi connectivity index (χ1v) is 7.29. The molecule has 1 N–H and O–H groups in total. The van der Waals surface area contributed by atoms with Crippen LogP contribution in [0.1, 0.15) is 52.4 Å². The Hall–Kier alpha value is -0.120. The van der Waals surface area contributed by atoms with E-state index in [1.807, 2.05) is 0 Å². The molecule has 0 radical (unpaired) electrons. The fourth-order valence-corrected chi connectivity index (χ4v) is 3.03. The third-order valence-electron chi connectivity index (χ3n) is 4.00. The number of nitrogens with one attached hydrogen (secondary N) is 1. The summed E-state index contributed by atoms with van der Waals surface area (Å²) in [4.78, 5) is 0. The fraction of sp³-hybridized carbons (Fsp3) is 1.00. The second-order valence-corrected chi connectivity index (χ2v) is 5.51. The molecule has 0 amide bonds. The molecule has 0 aliphatic carbocycles. The van der Waals surface area contributed by atoms with Gasteiger partial charge in [0.25, 0.3) is 0 Å². The van der Waals surface area contributed by atoms with Crippen molar-refractivity contribution in [1.82, 2.24) is 5.32 Å². The van der Waals surface area contributed by atoms with Crippen LogP contribution >= 0.6 is 0 Å². The largest absolute Gasteiger partial charge is 0.378 e. The van der Waals surface area contributed by atoms with Crippen molar-refractivity contribution in [2.45, 2.75) is 76.7 Å². The van der Waals surface area contributed by atoms with Gasteiger partial charge >= 0.3 is 0 Å². The minimum absolute atomic E-state index is 0.433. The van der Waals surface area contributed by atoms with Gasteiger partial charge in [0.05, 0.1) is 12.2 Å². The van der Waals surface area contributed by atoms with Gasteiger partial charge in [-0.3, -0.25) is 0 Å². The van der Waals surface area contributed by atoms with Crippen molar-refractivity contribution in [3.05, 3.63) is 0 Å². The van der Waals surface area contributed by atoms with E-state index in [0.29, 0.717) is 24.3 Å². The molecule has 0 aromatic rings. The first-order valence-electron chi connectivity index (χ1n) is 7.29. The van der Waals surface area contributed by atoms with E-state index in [4.69, 9.17) is 9.47 Å². The zero-order valence-corrected chi connectivity index (χ0v) is 11.3. The van der Waals surface area contributed by atoms with E-state index in [9.17, 15) is 0 Å². The molecule has 4 atom stereocenters. The van der Waals surface area contributed by atoms with E-state index in [-0.39, 0.29) is 0 Å². The summed E-state index contributed by atoms with van der Waals surface area (Å²) >= 11 is 0. The van der Waals surface area contributed by atoms with E-state index < -0.39 is 0 Å². The SMILES string of the molecule is CCCC1CC(NC(C)C2CCCO2)CCO1. The summed E-state index contributed by atoms with van der Waals surface area (Å²) in [6.07, 6.45) is 8.09. The van der Waals surface area contributed by atoms with Gasteiger partial charge in [0, 0.05) is 25.3 Å². The fourth-order valence-electron chi connectivity index (χ4n) is 3.03. The Morgan fingerprint density at radius 3 is 2.82 bits per heavy atom. The predicted molar refractivity (Wildman–Crippen MR) is 69.2 cm³/mol. The second kappa shape index (κ2) is 6.72. The summed E-state index contributed by atoms with van der Waals surface area (Å²) in [7, 11) is 0. The molecule has 2 rings (SSSR count). The minimum atomic E-state index is 0.433. The van der Waals surface area contributed by atoms with E-state index in [1.54, 1.807) is 0 Å². The second-order valence-electron chi connectivity index (χ2n) is 5.51. The Labute approximate surface area is 105 Å². The molecule has 4 unspecified atom stereocenters. The topological polar surface area (TPSA) is 30.5 Å². The standard InChI is InChI=1S/C14H27NO2/c1-3-5-13-10-12(7-9-16-13)15-11(2)14-6-4-8-17-14/h11-15H,3-10H2,1-2H3. The quantitative estimate of drug-likeness (QED) is 0.802. The number of hydrogen-bond acceptors (Lipinski definition) is 3. The first kappa shape index (κ1) is 13.3. The summed E-state index contributed by atoms with van der Waals surface area (Å²) in [6, 6.07) is 1.11. The van der Waals surface area contributed by atoms with Crippen LogP contribution in [0.25, 0.3) is 0 Å². The molecule has 3 heteroatoms. The van der Waals surface area contributed by atoms with E-state index >= 15 is 0 Å². The summed E-state index contributed by atoms with van der Waals surface area (Å²) < 4.78 is 11.5. The molecule has 100 valence electrons. The van der Waals surface area contributed by atoms with E-state index in [0.717, 1.165) is 19.6 Å². The highest BCUT2D eigenvalue weighted by molar-refractivity contribution is 4.83. The molecular formula is C14H27NO2. The van der Waals surface area contributed by atoms with Crippen LogP contribution in [-0.4, -0.2) is 37.5 Å². The van der Waals surface area contributed by atoms with Gasteiger partial charge < -0.3 is 14.8 Å². The molecule has 2 aliphatic rings. The van der Waals surface area contributed by atoms with Crippen LogP contribution in [0.3, 0.4) is 0 Å². The molecule has 2 aliphatic heterocycles. The number of hydrogen-bond donors (Lipinski definition) is 1. The average Bonchev–Trinajstić information content (AvgIpc) is 2.83. The van der Waals surface area contributed by atoms with Crippen molar-refractivity contribution in [2.75, 3.05) is 13.2 Å². The highest BCUT2D eigenvalue weighted by Gasteiger charge is 2.27. The van der Waals surface area contributed by atoms with Crippen LogP contribution in [-0.2, 0) is 9.47 Å². The summed E-state index contributed by atoms with van der Waals surface area (Å²) in [5, 5.41) is 3.74. The Morgan fingerprint density at radius 1 is 1.24 bits per heavy atom. The lowest BCUT2D eigenvalue weighted by molar-refractivity contribution is -0.00984. The van der Waals surface area contributed by atoms with Crippen LogP contribution in [0.15, 0.2) is 0 Å². The predicted octanol–water partition coefficient (Wildman–Crippen LogP) is 2.49. The molecule has 17 heavy (non-hydrogen) atoms. The Kier molecular flexibility index (Phi) is 5.26. The highest BCUT2D eigenvalue weighted by Crippen LogP contribution is 2.21. The summed E-state index contributed by atoms with van der Waals surface area (Å²) in [5.74, 6) is 0. The van der Waals surface area contributed by atoms with Crippen LogP contribution in [0.5, 0.6) is 0 Å². The first-order chi connectivity index (χ1) is 8.29. The Balaban J connectivity index is 1.73. The van der Waals surface area contributed by atoms with Crippen molar-refractivity contribution in [1.29, 1.82) is 0 Å². The normalized spacial score (nSPS) is 36.0. The van der Waals surface area contributed by atoms with Gasteiger partial charge in [-0.25, -0.2) is 0 Å². The van der Waals surface area contributed by atoms with Crippen LogP contribution in [0.4, 0.5) is 0 Å². The third-order valence-corrected chi connectivity index (χ3v) is 4.00. The van der Waals surface area contributed by atoms with E-state index in [1.165, 1.54) is 32.1 Å². The van der Waals surface area contributed by atoms with E-state index in [2.05, 4.69) is 19.2 Å². The average molecular weight is 241 g/mol. The number of rotatable bonds is 5. The lowest BCUT2D eigenvalue weighted by atomic mass is 9.98. The van der Waals surface area contributed by atoms with Gasteiger partial charge in [0.1, 0.15) is 0 Å². The lowest BCUT2D eigenvalue weighted by Gasteiger charge is -2.33. The monoisotopic (exact) mass is 241 g/mol. The lowest BCUT2D eigenvalue weighted by Crippen LogP contribution is -2.47. The molecule has 0 saturated carbocycles. The van der Waals surface area contributed by atoms with Gasteiger partial charge in [-0.15, -0.1) is 0 Å². The summed E-state index contributed by atoms with van der Waals surface area (Å²) in [5.41, 5.74) is 0. The molecule has 3 nitrogen and oxygen atoms in total. The zero-order valence-electron chi connectivity index (χ0n) is 11.3. The van der Waals surface area contributed by atoms with Gasteiger partial charge in [0.2, 0.25) is 0 Å². The van der Waals surface area contributed by atoms with Crippen molar-refractivity contribution in [3.63, 3.8) is 0 Å². The van der Waals surface area contributed by atoms with Gasteiger partial charge in [-0.2, -0.15) is 0 Å². The highest BCUT2D eigenvalue weighted by atomic mass is 16.5. The molecule has 2 fully saturated rings. The summed E-state index contributed by atoms with van der Waals surface area (Å²) in [6.45, 7) is 6.36. The van der Waals surface area contributed by atoms with Gasteiger partial charge in [-0.05, 0) is 39.0 Å². The van der Waals surface area contributed by atoms with Gasteiger partial charge in [0.15, 0.2) is 0 Å². The number of ether oxygens (including phenoxy) is 2. The molecule has 2 saturated heterocycles. The van der Waals surface area contributed by atoms with Crippen molar-refractivity contribution < 1.29 is 9.47 Å². The molecule has 2 heterocycles. The zero-order chi connectivity index (χ0) is 12.1. The smallest absolute Gasteiger partial charge is 0.0726 e. The van der Waals surface area contributed by atoms with Crippen LogP contribution in [0, 0.1) is 0 Å². The molecular weight excluding hydrogens is 214 g/mol. The Bertz CT molecular complexity index is 214. The van der Waals surface area contributed by atoms with Gasteiger partial charge in [-0.1, -0.05) is 13.3 Å². The molecule has 0 bridgehead atoms. The maximum absolute atomic E-state index is 5.78. The molecule has 0 aromatic heterocycles. The van der Waals surface area contributed by atoms with Crippen molar-refractivity contribution in [3.8, 4) is 0 Å². The molecule has 0 aromatic carbocycles. The van der Waals surface area contributed by atoms with Crippen molar-refractivity contribution in [2.24, 2.45) is 0 Å².